The molecule has 0 saturated carbocycles. The Bertz CT molecular complexity index is 499. The number of nitrogens with zero attached hydrogens (tertiary/aromatic N) is 2. The van der Waals surface area contributed by atoms with Crippen LogP contribution in [0.25, 0.3) is 10.6 Å². The number of nitrogens with one attached hydrogen (secondary N) is 1. The van der Waals surface area contributed by atoms with Crippen molar-refractivity contribution in [2.24, 2.45) is 5.92 Å². The highest BCUT2D eigenvalue weighted by atomic mass is 32.1. The summed E-state index contributed by atoms with van der Waals surface area (Å²) in [4.78, 5) is 1.25. The third-order valence-corrected chi connectivity index (χ3v) is 4.23. The summed E-state index contributed by atoms with van der Waals surface area (Å²) in [6, 6.07) is 6.90. The first-order valence-corrected chi connectivity index (χ1v) is 7.01. The number of aromatic nitrogens is 2. The summed E-state index contributed by atoms with van der Waals surface area (Å²) in [6.07, 6.45) is 1.16. The minimum atomic E-state index is 0.528. The van der Waals surface area contributed by atoms with Crippen LogP contribution in [0.3, 0.4) is 0 Å². The molecular formula is C13H17N3S. The highest BCUT2D eigenvalue weighted by Gasteiger charge is 2.24. The average molecular weight is 247 g/mol. The van der Waals surface area contributed by atoms with E-state index in [1.165, 1.54) is 10.7 Å². The molecule has 1 N–H and O–H groups in total. The molecule has 3 rings (SSSR count). The molecule has 17 heavy (non-hydrogen) atoms. The molecule has 1 atom stereocenters. The standard InChI is InChI=1S/C13H17N3S/c1-9(2)11-5-6-14-13-8-10(15-16(11)13)12-4-3-7-17-12/h3-4,7-9,11,14H,5-6H2,1-2H3. The quantitative estimate of drug-likeness (QED) is 0.878. The topological polar surface area (TPSA) is 29.9 Å². The highest BCUT2D eigenvalue weighted by Crippen LogP contribution is 2.33. The molecule has 0 aliphatic carbocycles. The molecule has 0 bridgehead atoms. The van der Waals surface area contributed by atoms with E-state index in [4.69, 9.17) is 5.10 Å². The Labute approximate surface area is 105 Å². The first-order valence-electron chi connectivity index (χ1n) is 6.13. The van der Waals surface area contributed by atoms with Gasteiger partial charge in [0.25, 0.3) is 0 Å². The van der Waals surface area contributed by atoms with Crippen molar-refractivity contribution in [1.82, 2.24) is 9.78 Å². The maximum Gasteiger partial charge on any atom is 0.125 e. The van der Waals surface area contributed by atoms with Crippen molar-refractivity contribution < 1.29 is 0 Å². The maximum absolute atomic E-state index is 4.76. The Balaban J connectivity index is 2.01. The fourth-order valence-corrected chi connectivity index (χ4v) is 3.09. The summed E-state index contributed by atoms with van der Waals surface area (Å²) in [6.45, 7) is 5.59. The van der Waals surface area contributed by atoms with Crippen LogP contribution in [0.5, 0.6) is 0 Å². The minimum absolute atomic E-state index is 0.528. The van der Waals surface area contributed by atoms with Gasteiger partial charge in [0.15, 0.2) is 0 Å². The van der Waals surface area contributed by atoms with Gasteiger partial charge in [-0.1, -0.05) is 19.9 Å². The maximum atomic E-state index is 4.76. The van der Waals surface area contributed by atoms with Crippen molar-refractivity contribution >= 4 is 17.2 Å². The summed E-state index contributed by atoms with van der Waals surface area (Å²) >= 11 is 1.75. The van der Waals surface area contributed by atoms with E-state index < -0.39 is 0 Å². The second-order valence-corrected chi connectivity index (χ2v) is 5.81. The van der Waals surface area contributed by atoms with Crippen LogP contribution in [-0.2, 0) is 0 Å². The molecule has 90 valence electrons. The van der Waals surface area contributed by atoms with E-state index in [1.807, 2.05) is 0 Å². The number of fused-ring (bicyclic) bond motifs is 1. The zero-order valence-electron chi connectivity index (χ0n) is 10.2. The van der Waals surface area contributed by atoms with Crippen molar-refractivity contribution in [2.45, 2.75) is 26.3 Å². The van der Waals surface area contributed by atoms with E-state index in [-0.39, 0.29) is 0 Å². The van der Waals surface area contributed by atoms with Crippen LogP contribution in [0.2, 0.25) is 0 Å². The van der Waals surface area contributed by atoms with Crippen LogP contribution in [0.15, 0.2) is 23.6 Å². The molecule has 2 aromatic heterocycles. The molecule has 0 radical (unpaired) electrons. The Morgan fingerprint density at radius 1 is 1.53 bits per heavy atom. The Morgan fingerprint density at radius 2 is 2.41 bits per heavy atom. The zero-order valence-corrected chi connectivity index (χ0v) is 11.0. The second-order valence-electron chi connectivity index (χ2n) is 4.86. The fraction of sp³-hybridized carbons (Fsp3) is 0.462. The summed E-state index contributed by atoms with van der Waals surface area (Å²) in [5.74, 6) is 1.80. The summed E-state index contributed by atoms with van der Waals surface area (Å²) < 4.78 is 2.17. The second kappa shape index (κ2) is 4.18. The van der Waals surface area contributed by atoms with Crippen LogP contribution < -0.4 is 5.32 Å². The third-order valence-electron chi connectivity index (χ3n) is 3.34. The monoisotopic (exact) mass is 247 g/mol. The van der Waals surface area contributed by atoms with Gasteiger partial charge in [0.2, 0.25) is 0 Å². The van der Waals surface area contributed by atoms with Crippen LogP contribution in [-0.4, -0.2) is 16.3 Å². The van der Waals surface area contributed by atoms with E-state index in [1.54, 1.807) is 11.3 Å². The minimum Gasteiger partial charge on any atom is -0.370 e. The van der Waals surface area contributed by atoms with Crippen LogP contribution in [0.1, 0.15) is 26.3 Å². The molecular weight excluding hydrogens is 230 g/mol. The van der Waals surface area contributed by atoms with Crippen LogP contribution >= 0.6 is 11.3 Å². The van der Waals surface area contributed by atoms with E-state index in [0.29, 0.717) is 12.0 Å². The normalized spacial score (nSPS) is 19.1. The third kappa shape index (κ3) is 1.86. The first kappa shape index (κ1) is 10.8. The molecule has 1 unspecified atom stereocenters. The molecule has 1 aliphatic rings. The molecule has 3 nitrogen and oxygen atoms in total. The van der Waals surface area contributed by atoms with Crippen molar-refractivity contribution in [3.63, 3.8) is 0 Å². The first-order chi connectivity index (χ1) is 8.25. The molecule has 0 aromatic carbocycles. The lowest BCUT2D eigenvalue weighted by Crippen LogP contribution is -2.26. The van der Waals surface area contributed by atoms with E-state index in [2.05, 4.69) is 47.4 Å². The van der Waals surface area contributed by atoms with Gasteiger partial charge in [-0.25, -0.2) is 4.68 Å². The van der Waals surface area contributed by atoms with Gasteiger partial charge in [0.05, 0.1) is 10.9 Å². The van der Waals surface area contributed by atoms with Crippen LogP contribution in [0, 0.1) is 5.92 Å². The van der Waals surface area contributed by atoms with Gasteiger partial charge in [-0.15, -0.1) is 11.3 Å². The largest absolute Gasteiger partial charge is 0.370 e. The molecule has 0 fully saturated rings. The zero-order chi connectivity index (χ0) is 11.8. The van der Waals surface area contributed by atoms with Gasteiger partial charge >= 0.3 is 0 Å². The molecule has 1 aliphatic heterocycles. The fourth-order valence-electron chi connectivity index (χ4n) is 2.41. The van der Waals surface area contributed by atoms with Crippen molar-refractivity contribution in [3.8, 4) is 10.6 Å². The predicted molar refractivity (Wildman–Crippen MR) is 72.5 cm³/mol. The number of thiophene rings is 1. The number of rotatable bonds is 2. The van der Waals surface area contributed by atoms with Gasteiger partial charge < -0.3 is 5.32 Å². The SMILES string of the molecule is CC(C)C1CCNc2cc(-c3cccs3)nn21. The highest BCUT2D eigenvalue weighted by molar-refractivity contribution is 7.13. The Morgan fingerprint density at radius 3 is 3.12 bits per heavy atom. The van der Waals surface area contributed by atoms with Gasteiger partial charge in [0.1, 0.15) is 11.5 Å². The van der Waals surface area contributed by atoms with Gasteiger partial charge in [-0.3, -0.25) is 0 Å². The van der Waals surface area contributed by atoms with E-state index >= 15 is 0 Å². The predicted octanol–water partition coefficient (Wildman–Crippen LogP) is 3.62. The van der Waals surface area contributed by atoms with Crippen molar-refractivity contribution in [2.75, 3.05) is 11.9 Å². The number of anilines is 1. The average Bonchev–Trinajstić information content (AvgIpc) is 2.96. The van der Waals surface area contributed by atoms with Crippen LogP contribution in [0.4, 0.5) is 5.82 Å². The lowest BCUT2D eigenvalue weighted by molar-refractivity contribution is 0.323. The smallest absolute Gasteiger partial charge is 0.125 e. The molecule has 0 amide bonds. The summed E-state index contributed by atoms with van der Waals surface area (Å²) in [5.41, 5.74) is 1.09. The van der Waals surface area contributed by atoms with Crippen molar-refractivity contribution in [1.29, 1.82) is 0 Å². The number of hydrogen-bond donors (Lipinski definition) is 1. The molecule has 2 aromatic rings. The van der Waals surface area contributed by atoms with Crippen molar-refractivity contribution in [3.05, 3.63) is 23.6 Å². The van der Waals surface area contributed by atoms with Gasteiger partial charge in [-0.2, -0.15) is 5.10 Å². The lowest BCUT2D eigenvalue weighted by Gasteiger charge is -2.28. The Kier molecular flexibility index (Phi) is 2.67. The van der Waals surface area contributed by atoms with E-state index in [0.717, 1.165) is 18.7 Å². The molecule has 4 heteroatoms. The number of hydrogen-bond acceptors (Lipinski definition) is 3. The Hall–Kier alpha value is -1.29. The van der Waals surface area contributed by atoms with Gasteiger partial charge in [0, 0.05) is 12.6 Å². The van der Waals surface area contributed by atoms with Gasteiger partial charge in [-0.05, 0) is 23.8 Å². The lowest BCUT2D eigenvalue weighted by atomic mass is 10.00. The summed E-state index contributed by atoms with van der Waals surface area (Å²) in [7, 11) is 0. The molecule has 0 saturated heterocycles. The van der Waals surface area contributed by atoms with E-state index in [9.17, 15) is 0 Å². The summed E-state index contributed by atoms with van der Waals surface area (Å²) in [5, 5.41) is 10.3. The molecule has 0 spiro atoms. The molecule has 3 heterocycles.